The Morgan fingerprint density at radius 2 is 1.80 bits per heavy atom. The summed E-state index contributed by atoms with van der Waals surface area (Å²) in [6.45, 7) is 3.26. The van der Waals surface area contributed by atoms with Gasteiger partial charge in [0.2, 0.25) is 5.91 Å². The number of hydrogen-bond donors (Lipinski definition) is 1. The van der Waals surface area contributed by atoms with Gasteiger partial charge in [0.25, 0.3) is 10.0 Å². The number of carbonyl (C=O) groups is 1. The van der Waals surface area contributed by atoms with Crippen molar-refractivity contribution >= 4 is 33.0 Å². The lowest BCUT2D eigenvalue weighted by Crippen LogP contribution is -2.27. The number of amides is 1. The van der Waals surface area contributed by atoms with E-state index < -0.39 is 10.0 Å². The fourth-order valence-corrected chi connectivity index (χ4v) is 5.86. The highest BCUT2D eigenvalue weighted by atomic mass is 32.2. The number of thiophene rings is 1. The van der Waals surface area contributed by atoms with Gasteiger partial charge in [0.05, 0.1) is 6.42 Å². The molecule has 3 rings (SSSR count). The second-order valence-electron chi connectivity index (χ2n) is 6.11. The van der Waals surface area contributed by atoms with Crippen LogP contribution in [0.3, 0.4) is 0 Å². The molecule has 7 heteroatoms. The Morgan fingerprint density at radius 3 is 2.44 bits per heavy atom. The Morgan fingerprint density at radius 1 is 1.12 bits per heavy atom. The first-order chi connectivity index (χ1) is 12.0. The lowest BCUT2D eigenvalue weighted by molar-refractivity contribution is -0.115. The molecular weight excluding hydrogens is 356 g/mol. The highest BCUT2D eigenvalue weighted by Gasteiger charge is 2.28. The van der Waals surface area contributed by atoms with Gasteiger partial charge in [0, 0.05) is 23.7 Å². The Bertz CT molecular complexity index is 835. The number of rotatable bonds is 6. The Labute approximate surface area is 152 Å². The van der Waals surface area contributed by atoms with Crippen LogP contribution in [-0.2, 0) is 27.7 Å². The molecule has 1 aromatic heterocycles. The van der Waals surface area contributed by atoms with E-state index in [1.807, 2.05) is 24.3 Å². The van der Waals surface area contributed by atoms with Crippen molar-refractivity contribution in [1.29, 1.82) is 0 Å². The van der Waals surface area contributed by atoms with E-state index >= 15 is 0 Å². The van der Waals surface area contributed by atoms with Crippen molar-refractivity contribution in [3.05, 3.63) is 46.8 Å². The van der Waals surface area contributed by atoms with Crippen LogP contribution in [0.5, 0.6) is 0 Å². The third kappa shape index (κ3) is 4.29. The van der Waals surface area contributed by atoms with Crippen LogP contribution in [-0.4, -0.2) is 31.7 Å². The van der Waals surface area contributed by atoms with Gasteiger partial charge >= 0.3 is 0 Å². The summed E-state index contributed by atoms with van der Waals surface area (Å²) in [4.78, 5) is 12.9. The molecule has 1 aliphatic rings. The van der Waals surface area contributed by atoms with Crippen molar-refractivity contribution in [3.63, 3.8) is 0 Å². The van der Waals surface area contributed by atoms with Crippen LogP contribution in [0.2, 0.25) is 0 Å². The van der Waals surface area contributed by atoms with Crippen molar-refractivity contribution in [1.82, 2.24) is 4.31 Å². The van der Waals surface area contributed by atoms with Gasteiger partial charge in [-0.25, -0.2) is 8.42 Å². The standard InChI is InChI=1S/C18H22N2O3S2/c1-2-14-5-7-15(8-6-14)19-17(21)13-16-9-10-18(24-16)25(22,23)20-11-3-4-12-20/h5-10H,2-4,11-13H2,1H3,(H,19,21). The summed E-state index contributed by atoms with van der Waals surface area (Å²) in [5, 5.41) is 2.85. The summed E-state index contributed by atoms with van der Waals surface area (Å²) in [6.07, 6.45) is 2.96. The molecule has 2 heterocycles. The molecule has 1 aromatic carbocycles. The van der Waals surface area contributed by atoms with Crippen LogP contribution >= 0.6 is 11.3 Å². The van der Waals surface area contributed by atoms with Crippen molar-refractivity contribution < 1.29 is 13.2 Å². The number of hydrogen-bond acceptors (Lipinski definition) is 4. The maximum atomic E-state index is 12.5. The maximum Gasteiger partial charge on any atom is 0.252 e. The number of aryl methyl sites for hydroxylation is 1. The molecular formula is C18H22N2O3S2. The smallest absolute Gasteiger partial charge is 0.252 e. The van der Waals surface area contributed by atoms with Gasteiger partial charge < -0.3 is 5.32 Å². The summed E-state index contributed by atoms with van der Waals surface area (Å²) in [7, 11) is -3.40. The van der Waals surface area contributed by atoms with Crippen LogP contribution in [0.1, 0.15) is 30.2 Å². The molecule has 1 fully saturated rings. The molecule has 1 aliphatic heterocycles. The zero-order valence-electron chi connectivity index (χ0n) is 14.2. The maximum absolute atomic E-state index is 12.5. The molecule has 0 saturated carbocycles. The van der Waals surface area contributed by atoms with Gasteiger partial charge in [-0.05, 0) is 49.1 Å². The molecule has 2 aromatic rings. The molecule has 0 atom stereocenters. The molecule has 0 aliphatic carbocycles. The highest BCUT2D eigenvalue weighted by Crippen LogP contribution is 2.27. The van der Waals surface area contributed by atoms with Crippen LogP contribution in [0.15, 0.2) is 40.6 Å². The SMILES string of the molecule is CCc1ccc(NC(=O)Cc2ccc(S(=O)(=O)N3CCCC3)s2)cc1. The average Bonchev–Trinajstić information content (AvgIpc) is 3.27. The zero-order valence-corrected chi connectivity index (χ0v) is 15.8. The van der Waals surface area contributed by atoms with Gasteiger partial charge in [0.1, 0.15) is 4.21 Å². The van der Waals surface area contributed by atoms with Gasteiger partial charge in [-0.3, -0.25) is 4.79 Å². The molecule has 25 heavy (non-hydrogen) atoms. The van der Waals surface area contributed by atoms with E-state index in [1.54, 1.807) is 12.1 Å². The third-order valence-electron chi connectivity index (χ3n) is 4.28. The molecule has 0 bridgehead atoms. The molecule has 0 spiro atoms. The predicted octanol–water partition coefficient (Wildman–Crippen LogP) is 3.28. The zero-order chi connectivity index (χ0) is 17.9. The summed E-state index contributed by atoms with van der Waals surface area (Å²) in [5.41, 5.74) is 1.97. The van der Waals surface area contributed by atoms with Crippen LogP contribution in [0, 0.1) is 0 Å². The lowest BCUT2D eigenvalue weighted by atomic mass is 10.1. The number of anilines is 1. The van der Waals surface area contributed by atoms with Crippen molar-refractivity contribution in [3.8, 4) is 0 Å². The fraction of sp³-hybridized carbons (Fsp3) is 0.389. The van der Waals surface area contributed by atoms with E-state index in [1.165, 1.54) is 21.2 Å². The highest BCUT2D eigenvalue weighted by molar-refractivity contribution is 7.91. The quantitative estimate of drug-likeness (QED) is 0.839. The van der Waals surface area contributed by atoms with E-state index in [9.17, 15) is 13.2 Å². The molecule has 1 N–H and O–H groups in total. The third-order valence-corrected chi connectivity index (χ3v) is 7.73. The van der Waals surface area contributed by atoms with Crippen LogP contribution in [0.4, 0.5) is 5.69 Å². The first-order valence-corrected chi connectivity index (χ1v) is 10.7. The first-order valence-electron chi connectivity index (χ1n) is 8.46. The van der Waals surface area contributed by atoms with E-state index in [2.05, 4.69) is 12.2 Å². The van der Waals surface area contributed by atoms with Crippen LogP contribution < -0.4 is 5.32 Å². The number of nitrogens with one attached hydrogen (secondary N) is 1. The molecule has 0 radical (unpaired) electrons. The predicted molar refractivity (Wildman–Crippen MR) is 100 cm³/mol. The Kier molecular flexibility index (Phi) is 5.56. The number of nitrogens with zero attached hydrogens (tertiary/aromatic N) is 1. The minimum Gasteiger partial charge on any atom is -0.326 e. The monoisotopic (exact) mass is 378 g/mol. The summed E-state index contributed by atoms with van der Waals surface area (Å²) >= 11 is 1.18. The molecule has 0 unspecified atom stereocenters. The molecule has 134 valence electrons. The summed E-state index contributed by atoms with van der Waals surface area (Å²) < 4.78 is 26.9. The van der Waals surface area contributed by atoms with Gasteiger partial charge in [0.15, 0.2) is 0 Å². The molecule has 5 nitrogen and oxygen atoms in total. The summed E-state index contributed by atoms with van der Waals surface area (Å²) in [5.74, 6) is -0.142. The second-order valence-corrected chi connectivity index (χ2v) is 9.44. The molecule has 1 saturated heterocycles. The van der Waals surface area contributed by atoms with Gasteiger partial charge in [-0.1, -0.05) is 19.1 Å². The van der Waals surface area contributed by atoms with Crippen LogP contribution in [0.25, 0.3) is 0 Å². The lowest BCUT2D eigenvalue weighted by Gasteiger charge is -2.13. The largest absolute Gasteiger partial charge is 0.326 e. The number of sulfonamides is 1. The van der Waals surface area contributed by atoms with E-state index in [4.69, 9.17) is 0 Å². The Balaban J connectivity index is 1.63. The Hall–Kier alpha value is -1.70. The topological polar surface area (TPSA) is 66.5 Å². The van der Waals surface area contributed by atoms with E-state index in [-0.39, 0.29) is 12.3 Å². The fourth-order valence-electron chi connectivity index (χ4n) is 2.83. The van der Waals surface area contributed by atoms with E-state index in [0.29, 0.717) is 17.3 Å². The minimum absolute atomic E-state index is 0.142. The van der Waals surface area contributed by atoms with Crippen molar-refractivity contribution in [2.75, 3.05) is 18.4 Å². The number of carbonyl (C=O) groups excluding carboxylic acids is 1. The minimum atomic E-state index is -3.40. The van der Waals surface area contributed by atoms with E-state index in [0.717, 1.165) is 29.8 Å². The van der Waals surface area contributed by atoms with Crippen molar-refractivity contribution in [2.24, 2.45) is 0 Å². The summed E-state index contributed by atoms with van der Waals surface area (Å²) in [6, 6.07) is 11.1. The van der Waals surface area contributed by atoms with Crippen molar-refractivity contribution in [2.45, 2.75) is 36.8 Å². The normalized spacial score (nSPS) is 15.4. The second kappa shape index (κ2) is 7.68. The van der Waals surface area contributed by atoms with Gasteiger partial charge in [-0.15, -0.1) is 11.3 Å². The first kappa shape index (κ1) is 18.1. The average molecular weight is 379 g/mol. The number of benzene rings is 1. The van der Waals surface area contributed by atoms with Gasteiger partial charge in [-0.2, -0.15) is 4.31 Å². The molecule has 1 amide bonds.